The van der Waals surface area contributed by atoms with Gasteiger partial charge in [-0.2, -0.15) is 0 Å². The highest BCUT2D eigenvalue weighted by Crippen LogP contribution is 2.18. The van der Waals surface area contributed by atoms with Gasteiger partial charge in [0.15, 0.2) is 0 Å². The molecule has 0 heterocycles. The van der Waals surface area contributed by atoms with Crippen molar-refractivity contribution in [3.8, 4) is 0 Å². The molecule has 0 bridgehead atoms. The topological polar surface area (TPSA) is 55.4 Å². The molecule has 0 aromatic heterocycles. The fourth-order valence-electron chi connectivity index (χ4n) is 2.16. The summed E-state index contributed by atoms with van der Waals surface area (Å²) in [5.74, 6) is -1.92. The maximum absolute atomic E-state index is 13.1. The third kappa shape index (κ3) is 4.78. The van der Waals surface area contributed by atoms with Crippen molar-refractivity contribution in [3.63, 3.8) is 0 Å². The van der Waals surface area contributed by atoms with E-state index in [-0.39, 0.29) is 19.1 Å². The fourth-order valence-corrected chi connectivity index (χ4v) is 2.16. The zero-order chi connectivity index (χ0) is 17.4. The number of carbonyl (C=O) groups excluding carboxylic acids is 2. The van der Waals surface area contributed by atoms with Crippen LogP contribution in [-0.4, -0.2) is 25.0 Å². The first-order valence-electron chi connectivity index (χ1n) is 7.48. The fraction of sp³-hybridized carbons (Fsp3) is 0.158. The molecule has 2 rings (SSSR count). The zero-order valence-corrected chi connectivity index (χ0v) is 13.1. The maximum atomic E-state index is 13.1. The largest absolute Gasteiger partial charge is 0.461 e. The highest BCUT2D eigenvalue weighted by molar-refractivity contribution is 5.94. The Morgan fingerprint density at radius 1 is 1.12 bits per heavy atom. The van der Waals surface area contributed by atoms with Crippen molar-refractivity contribution in [2.24, 2.45) is 0 Å². The predicted octanol–water partition coefficient (Wildman–Crippen LogP) is 3.07. The molecule has 2 aromatic rings. The van der Waals surface area contributed by atoms with E-state index in [0.29, 0.717) is 11.1 Å². The third-order valence-electron chi connectivity index (χ3n) is 3.40. The number of halogens is 1. The van der Waals surface area contributed by atoms with Gasteiger partial charge in [-0.1, -0.05) is 43.0 Å². The molecule has 1 atom stereocenters. The first-order valence-corrected chi connectivity index (χ1v) is 7.48. The van der Waals surface area contributed by atoms with Gasteiger partial charge in [0.2, 0.25) is 0 Å². The van der Waals surface area contributed by atoms with E-state index in [4.69, 9.17) is 4.74 Å². The summed E-state index contributed by atoms with van der Waals surface area (Å²) < 4.78 is 18.2. The van der Waals surface area contributed by atoms with E-state index in [1.54, 1.807) is 24.3 Å². The van der Waals surface area contributed by atoms with E-state index in [1.165, 1.54) is 30.3 Å². The number of rotatable bonds is 7. The van der Waals surface area contributed by atoms with E-state index >= 15 is 0 Å². The van der Waals surface area contributed by atoms with Crippen LogP contribution in [-0.2, 0) is 9.53 Å². The van der Waals surface area contributed by atoms with Crippen molar-refractivity contribution in [1.29, 1.82) is 0 Å². The Hall–Kier alpha value is -2.95. The van der Waals surface area contributed by atoms with Gasteiger partial charge < -0.3 is 10.1 Å². The lowest BCUT2D eigenvalue weighted by Gasteiger charge is -2.17. The van der Waals surface area contributed by atoms with Crippen LogP contribution in [0.4, 0.5) is 4.39 Å². The second kappa shape index (κ2) is 8.62. The highest BCUT2D eigenvalue weighted by atomic mass is 19.1. The van der Waals surface area contributed by atoms with Gasteiger partial charge >= 0.3 is 5.97 Å². The highest BCUT2D eigenvalue weighted by Gasteiger charge is 2.23. The molecule has 2 aromatic carbocycles. The van der Waals surface area contributed by atoms with Gasteiger partial charge in [-0.25, -0.2) is 4.39 Å². The number of ether oxygens (including phenoxy) is 1. The minimum absolute atomic E-state index is 0.0509. The van der Waals surface area contributed by atoms with Crippen molar-refractivity contribution < 1.29 is 18.7 Å². The molecule has 5 heteroatoms. The Morgan fingerprint density at radius 2 is 1.79 bits per heavy atom. The molecule has 0 fully saturated rings. The summed E-state index contributed by atoms with van der Waals surface area (Å²) in [4.78, 5) is 24.4. The van der Waals surface area contributed by atoms with Crippen LogP contribution < -0.4 is 5.32 Å². The quantitative estimate of drug-likeness (QED) is 0.628. The second-order valence-corrected chi connectivity index (χ2v) is 5.10. The monoisotopic (exact) mass is 327 g/mol. The molecule has 0 aliphatic heterocycles. The molecule has 1 N–H and O–H groups in total. The van der Waals surface area contributed by atoms with Gasteiger partial charge in [-0.05, 0) is 29.8 Å². The average Bonchev–Trinajstić information content (AvgIpc) is 2.62. The van der Waals surface area contributed by atoms with Crippen molar-refractivity contribution >= 4 is 11.9 Å². The van der Waals surface area contributed by atoms with E-state index in [0.717, 1.165) is 0 Å². The van der Waals surface area contributed by atoms with Crippen LogP contribution in [0.2, 0.25) is 0 Å². The molecule has 0 radical (unpaired) electrons. The molecule has 24 heavy (non-hydrogen) atoms. The Labute approximate surface area is 140 Å². The minimum atomic E-state index is -0.724. The van der Waals surface area contributed by atoms with Crippen molar-refractivity contribution in [1.82, 2.24) is 5.32 Å². The second-order valence-electron chi connectivity index (χ2n) is 5.10. The summed E-state index contributed by atoms with van der Waals surface area (Å²) in [6.45, 7) is 3.62. The molecule has 0 aliphatic carbocycles. The molecule has 4 nitrogen and oxygen atoms in total. The average molecular weight is 327 g/mol. The van der Waals surface area contributed by atoms with Crippen LogP contribution in [0.15, 0.2) is 67.3 Å². The van der Waals surface area contributed by atoms with Crippen molar-refractivity contribution in [2.45, 2.75) is 5.92 Å². The lowest BCUT2D eigenvalue weighted by molar-refractivity contribution is -0.144. The Balaban J connectivity index is 2.10. The lowest BCUT2D eigenvalue weighted by atomic mass is 9.99. The van der Waals surface area contributed by atoms with E-state index in [9.17, 15) is 14.0 Å². The molecule has 0 saturated heterocycles. The molecular weight excluding hydrogens is 309 g/mol. The maximum Gasteiger partial charge on any atom is 0.315 e. The van der Waals surface area contributed by atoms with Crippen LogP contribution in [0.3, 0.4) is 0 Å². The SMILES string of the molecule is C=CCOC(=O)[C@@H](CNC(=O)c1ccccc1)c1ccc(F)cc1. The number of esters is 1. The molecule has 0 spiro atoms. The summed E-state index contributed by atoms with van der Waals surface area (Å²) in [6, 6.07) is 14.2. The van der Waals surface area contributed by atoms with Crippen LogP contribution in [0.5, 0.6) is 0 Å². The number of nitrogens with one attached hydrogen (secondary N) is 1. The number of hydrogen-bond acceptors (Lipinski definition) is 3. The van der Waals surface area contributed by atoms with Crippen LogP contribution in [0, 0.1) is 5.82 Å². The normalized spacial score (nSPS) is 11.4. The van der Waals surface area contributed by atoms with Crippen molar-refractivity contribution in [2.75, 3.05) is 13.2 Å². The summed E-state index contributed by atoms with van der Waals surface area (Å²) in [7, 11) is 0. The minimum Gasteiger partial charge on any atom is -0.461 e. The molecule has 124 valence electrons. The van der Waals surface area contributed by atoms with Gasteiger partial charge in [0, 0.05) is 12.1 Å². The zero-order valence-electron chi connectivity index (χ0n) is 13.1. The van der Waals surface area contributed by atoms with Gasteiger partial charge in [0.25, 0.3) is 5.91 Å². The van der Waals surface area contributed by atoms with Gasteiger partial charge in [-0.3, -0.25) is 9.59 Å². The van der Waals surface area contributed by atoms with Crippen molar-refractivity contribution in [3.05, 3.63) is 84.2 Å². The summed E-state index contributed by atoms with van der Waals surface area (Å²) in [5.41, 5.74) is 1.06. The Kier molecular flexibility index (Phi) is 6.25. The molecule has 1 amide bonds. The number of benzene rings is 2. The van der Waals surface area contributed by atoms with Gasteiger partial charge in [0.1, 0.15) is 12.4 Å². The summed E-state index contributed by atoms with van der Waals surface area (Å²) >= 11 is 0. The van der Waals surface area contributed by atoms with Gasteiger partial charge in [-0.15, -0.1) is 0 Å². The predicted molar refractivity (Wildman–Crippen MR) is 89.1 cm³/mol. The first-order chi connectivity index (χ1) is 11.6. The van der Waals surface area contributed by atoms with E-state index in [2.05, 4.69) is 11.9 Å². The number of amides is 1. The van der Waals surface area contributed by atoms with Crippen LogP contribution in [0.25, 0.3) is 0 Å². The molecular formula is C19H18FNO3. The van der Waals surface area contributed by atoms with Crippen LogP contribution in [0.1, 0.15) is 21.8 Å². The Morgan fingerprint density at radius 3 is 2.42 bits per heavy atom. The van der Waals surface area contributed by atoms with Crippen LogP contribution >= 0.6 is 0 Å². The molecule has 0 aliphatic rings. The van der Waals surface area contributed by atoms with Gasteiger partial charge in [0.05, 0.1) is 5.92 Å². The molecule has 0 unspecified atom stereocenters. The standard InChI is InChI=1S/C19H18FNO3/c1-2-12-24-19(23)17(14-8-10-16(20)11-9-14)13-21-18(22)15-6-4-3-5-7-15/h2-11,17H,1,12-13H2,(H,21,22)/t17-/m0/s1. The molecule has 0 saturated carbocycles. The van der Waals surface area contributed by atoms with E-state index in [1.807, 2.05) is 6.07 Å². The number of carbonyl (C=O) groups is 2. The third-order valence-corrected chi connectivity index (χ3v) is 3.40. The first kappa shape index (κ1) is 17.4. The smallest absolute Gasteiger partial charge is 0.315 e. The lowest BCUT2D eigenvalue weighted by Crippen LogP contribution is -2.32. The number of hydrogen-bond donors (Lipinski definition) is 1. The summed E-state index contributed by atoms with van der Waals surface area (Å²) in [5, 5.41) is 2.71. The Bertz CT molecular complexity index is 698. The van der Waals surface area contributed by atoms with E-state index < -0.39 is 17.7 Å². The summed E-state index contributed by atoms with van der Waals surface area (Å²) in [6.07, 6.45) is 1.46.